The Balaban J connectivity index is 1.90. The molecular formula is C16H16O3S. The summed E-state index contributed by atoms with van der Waals surface area (Å²) in [6, 6.07) is 7.44. The predicted octanol–water partition coefficient (Wildman–Crippen LogP) is 3.70. The van der Waals surface area contributed by atoms with E-state index in [1.165, 1.54) is 11.3 Å². The van der Waals surface area contributed by atoms with Crippen molar-refractivity contribution >= 4 is 17.1 Å². The van der Waals surface area contributed by atoms with Crippen molar-refractivity contribution in [2.45, 2.75) is 25.9 Å². The first-order valence-corrected chi connectivity index (χ1v) is 7.36. The molecule has 20 heavy (non-hydrogen) atoms. The van der Waals surface area contributed by atoms with Gasteiger partial charge in [-0.15, -0.1) is 11.3 Å². The minimum atomic E-state index is -0.184. The van der Waals surface area contributed by atoms with Crippen LogP contribution in [0.5, 0.6) is 11.5 Å². The Kier molecular flexibility index (Phi) is 3.05. The number of rotatable bonds is 3. The quantitative estimate of drug-likeness (QED) is 0.808. The summed E-state index contributed by atoms with van der Waals surface area (Å²) in [5.74, 6) is 1.64. The number of ether oxygens (including phenoxy) is 2. The van der Waals surface area contributed by atoms with E-state index in [9.17, 15) is 4.79 Å². The van der Waals surface area contributed by atoms with E-state index in [1.807, 2.05) is 23.6 Å². The van der Waals surface area contributed by atoms with Crippen LogP contribution in [0.4, 0.5) is 0 Å². The third-order valence-corrected chi connectivity index (χ3v) is 4.27. The Morgan fingerprint density at radius 1 is 1.35 bits per heavy atom. The molecule has 0 radical (unpaired) electrons. The minimum absolute atomic E-state index is 0.0332. The van der Waals surface area contributed by atoms with Gasteiger partial charge in [-0.05, 0) is 37.6 Å². The van der Waals surface area contributed by atoms with Crippen LogP contribution in [0.3, 0.4) is 0 Å². The van der Waals surface area contributed by atoms with Gasteiger partial charge < -0.3 is 9.47 Å². The highest BCUT2D eigenvalue weighted by molar-refractivity contribution is 7.12. The lowest BCUT2D eigenvalue weighted by Crippen LogP contribution is -2.24. The largest absolute Gasteiger partial charge is 0.496 e. The molecule has 4 heteroatoms. The first-order valence-electron chi connectivity index (χ1n) is 6.48. The van der Waals surface area contributed by atoms with E-state index >= 15 is 0 Å². The normalized spacial score (nSPS) is 15.6. The summed E-state index contributed by atoms with van der Waals surface area (Å²) >= 11 is 1.40. The lowest BCUT2D eigenvalue weighted by molar-refractivity contribution is 0.104. The maximum Gasteiger partial charge on any atom is 0.203 e. The van der Waals surface area contributed by atoms with Crippen LogP contribution in [0.2, 0.25) is 0 Å². The van der Waals surface area contributed by atoms with Crippen molar-refractivity contribution in [2.75, 3.05) is 7.11 Å². The molecule has 0 unspecified atom stereocenters. The number of hydrogen-bond acceptors (Lipinski definition) is 4. The highest BCUT2D eigenvalue weighted by Gasteiger charge is 2.30. The van der Waals surface area contributed by atoms with Gasteiger partial charge in [0.2, 0.25) is 5.78 Å². The summed E-state index contributed by atoms with van der Waals surface area (Å²) in [6.07, 6.45) is 0.831. The lowest BCUT2D eigenvalue weighted by Gasteiger charge is -2.16. The molecule has 1 aromatic heterocycles. The number of carbonyl (C=O) groups is 1. The van der Waals surface area contributed by atoms with Gasteiger partial charge in [0.25, 0.3) is 0 Å². The van der Waals surface area contributed by atoms with E-state index in [0.717, 1.165) is 23.5 Å². The fourth-order valence-electron chi connectivity index (χ4n) is 2.44. The highest BCUT2D eigenvalue weighted by Crippen LogP contribution is 2.36. The van der Waals surface area contributed by atoms with Gasteiger partial charge >= 0.3 is 0 Å². The molecule has 0 saturated heterocycles. The zero-order valence-electron chi connectivity index (χ0n) is 11.7. The van der Waals surface area contributed by atoms with E-state index in [0.29, 0.717) is 10.4 Å². The fraction of sp³-hybridized carbons (Fsp3) is 0.312. The topological polar surface area (TPSA) is 35.5 Å². The molecule has 0 bridgehead atoms. The molecule has 2 aromatic rings. The average Bonchev–Trinajstić information content (AvgIpc) is 2.98. The van der Waals surface area contributed by atoms with Crippen LogP contribution in [0.1, 0.15) is 34.6 Å². The van der Waals surface area contributed by atoms with Crippen LogP contribution in [0.25, 0.3) is 0 Å². The molecule has 0 atom stereocenters. The third-order valence-electron chi connectivity index (χ3n) is 3.36. The van der Waals surface area contributed by atoms with E-state index in [-0.39, 0.29) is 11.4 Å². The summed E-state index contributed by atoms with van der Waals surface area (Å²) in [7, 11) is 1.60. The van der Waals surface area contributed by atoms with E-state index < -0.39 is 0 Å². The van der Waals surface area contributed by atoms with Gasteiger partial charge in [0.05, 0.1) is 12.0 Å². The predicted molar refractivity (Wildman–Crippen MR) is 79.2 cm³/mol. The van der Waals surface area contributed by atoms with E-state index in [1.54, 1.807) is 13.2 Å². The SMILES string of the molecule is COc1csc(C(=O)c2ccc3c(c2)CC(C)(C)O3)c1. The number of methoxy groups -OCH3 is 1. The second-order valence-electron chi connectivity index (χ2n) is 5.54. The fourth-order valence-corrected chi connectivity index (χ4v) is 3.25. The second-order valence-corrected chi connectivity index (χ2v) is 6.45. The molecule has 104 valence electrons. The Bertz CT molecular complexity index is 670. The minimum Gasteiger partial charge on any atom is -0.496 e. The van der Waals surface area contributed by atoms with Crippen LogP contribution in [-0.2, 0) is 6.42 Å². The Hall–Kier alpha value is -1.81. The molecule has 1 aliphatic rings. The molecule has 3 nitrogen and oxygen atoms in total. The second kappa shape index (κ2) is 4.63. The van der Waals surface area contributed by atoms with Crippen LogP contribution >= 0.6 is 11.3 Å². The van der Waals surface area contributed by atoms with Gasteiger partial charge in [0.15, 0.2) is 0 Å². The van der Waals surface area contributed by atoms with Gasteiger partial charge in [-0.3, -0.25) is 4.79 Å². The van der Waals surface area contributed by atoms with Crippen LogP contribution in [-0.4, -0.2) is 18.5 Å². The zero-order valence-corrected chi connectivity index (χ0v) is 12.5. The van der Waals surface area contributed by atoms with Gasteiger partial charge in [-0.1, -0.05) is 0 Å². The Morgan fingerprint density at radius 2 is 2.15 bits per heavy atom. The number of hydrogen-bond donors (Lipinski definition) is 0. The molecule has 1 aliphatic heterocycles. The molecule has 1 aromatic carbocycles. The van der Waals surface area contributed by atoms with Crippen LogP contribution in [0, 0.1) is 0 Å². The smallest absolute Gasteiger partial charge is 0.203 e. The summed E-state index contributed by atoms with van der Waals surface area (Å²) in [6.45, 7) is 4.11. The highest BCUT2D eigenvalue weighted by atomic mass is 32.1. The molecule has 0 N–H and O–H groups in total. The maximum absolute atomic E-state index is 12.5. The lowest BCUT2D eigenvalue weighted by atomic mass is 9.99. The first kappa shape index (κ1) is 13.2. The van der Waals surface area contributed by atoms with Crippen molar-refractivity contribution in [3.63, 3.8) is 0 Å². The van der Waals surface area contributed by atoms with Gasteiger partial charge in [0, 0.05) is 23.4 Å². The maximum atomic E-state index is 12.5. The summed E-state index contributed by atoms with van der Waals surface area (Å²) in [4.78, 5) is 13.1. The summed E-state index contributed by atoms with van der Waals surface area (Å²) in [5, 5.41) is 1.84. The molecule has 0 amide bonds. The number of fused-ring (bicyclic) bond motifs is 1. The summed E-state index contributed by atoms with van der Waals surface area (Å²) in [5.41, 5.74) is 1.62. The van der Waals surface area contributed by atoms with Crippen molar-refractivity contribution < 1.29 is 14.3 Å². The summed E-state index contributed by atoms with van der Waals surface area (Å²) < 4.78 is 10.9. The number of carbonyl (C=O) groups excluding carboxylic acids is 1. The molecule has 3 rings (SSSR count). The molecule has 0 spiro atoms. The number of benzene rings is 1. The van der Waals surface area contributed by atoms with Crippen LogP contribution in [0.15, 0.2) is 29.6 Å². The van der Waals surface area contributed by atoms with Crippen molar-refractivity contribution in [3.8, 4) is 11.5 Å². The molecular weight excluding hydrogens is 272 g/mol. The number of ketones is 1. The zero-order chi connectivity index (χ0) is 14.3. The van der Waals surface area contributed by atoms with E-state index in [2.05, 4.69) is 13.8 Å². The molecule has 0 aliphatic carbocycles. The Labute approximate surface area is 122 Å². The first-order chi connectivity index (χ1) is 9.48. The monoisotopic (exact) mass is 288 g/mol. The molecule has 0 saturated carbocycles. The van der Waals surface area contributed by atoms with Gasteiger partial charge in [0.1, 0.15) is 17.1 Å². The van der Waals surface area contributed by atoms with E-state index in [4.69, 9.17) is 9.47 Å². The van der Waals surface area contributed by atoms with Crippen LogP contribution < -0.4 is 9.47 Å². The van der Waals surface area contributed by atoms with Gasteiger partial charge in [-0.25, -0.2) is 0 Å². The molecule has 0 fully saturated rings. The molecule has 2 heterocycles. The Morgan fingerprint density at radius 3 is 2.85 bits per heavy atom. The number of thiophene rings is 1. The third kappa shape index (κ3) is 2.31. The van der Waals surface area contributed by atoms with Gasteiger partial charge in [-0.2, -0.15) is 0 Å². The van der Waals surface area contributed by atoms with Crippen molar-refractivity contribution in [3.05, 3.63) is 45.6 Å². The standard InChI is InChI=1S/C16H16O3S/c1-16(2)8-11-6-10(4-5-13(11)19-16)15(17)14-7-12(18-3)9-20-14/h4-7,9H,8H2,1-3H3. The average molecular weight is 288 g/mol. The van der Waals surface area contributed by atoms with Crippen molar-refractivity contribution in [1.29, 1.82) is 0 Å². The van der Waals surface area contributed by atoms with Crippen molar-refractivity contribution in [2.24, 2.45) is 0 Å². The van der Waals surface area contributed by atoms with Crippen molar-refractivity contribution in [1.82, 2.24) is 0 Å².